The first-order valence-electron chi connectivity index (χ1n) is 7.34. The Bertz CT molecular complexity index is 699. The second-order valence-electron chi connectivity index (χ2n) is 5.15. The van der Waals surface area contributed by atoms with Gasteiger partial charge in [-0.3, -0.25) is 4.99 Å². The van der Waals surface area contributed by atoms with E-state index in [2.05, 4.69) is 28.6 Å². The quantitative estimate of drug-likeness (QED) is 0.666. The molecule has 0 fully saturated rings. The second kappa shape index (κ2) is 8.21. The minimum Gasteiger partial charge on any atom is -0.352 e. The molecule has 0 saturated carbocycles. The van der Waals surface area contributed by atoms with Gasteiger partial charge in [0.25, 0.3) is 0 Å². The molecule has 0 amide bonds. The highest BCUT2D eigenvalue weighted by molar-refractivity contribution is 6.30. The Balaban J connectivity index is 1.92. The molecule has 0 aliphatic carbocycles. The summed E-state index contributed by atoms with van der Waals surface area (Å²) >= 11 is 5.91. The molecular formula is C18H19ClN4. The lowest BCUT2D eigenvalue weighted by Gasteiger charge is -2.18. The number of nitriles is 1. The maximum absolute atomic E-state index is 8.81. The van der Waals surface area contributed by atoms with Crippen LogP contribution in [0.1, 0.15) is 29.7 Å². The van der Waals surface area contributed by atoms with Crippen molar-refractivity contribution in [3.05, 3.63) is 70.2 Å². The summed E-state index contributed by atoms with van der Waals surface area (Å²) in [7, 11) is 1.74. The summed E-state index contributed by atoms with van der Waals surface area (Å²) in [5, 5.41) is 16.1. The van der Waals surface area contributed by atoms with Gasteiger partial charge in [0.2, 0.25) is 0 Å². The molecule has 1 unspecified atom stereocenters. The van der Waals surface area contributed by atoms with Crippen LogP contribution in [0.4, 0.5) is 0 Å². The van der Waals surface area contributed by atoms with Crippen molar-refractivity contribution in [3.8, 4) is 6.07 Å². The number of benzene rings is 2. The molecule has 0 heterocycles. The average molecular weight is 327 g/mol. The fraction of sp³-hybridized carbons (Fsp3) is 0.222. The van der Waals surface area contributed by atoms with E-state index in [1.54, 1.807) is 7.05 Å². The van der Waals surface area contributed by atoms with E-state index in [0.717, 1.165) is 22.1 Å². The van der Waals surface area contributed by atoms with Crippen LogP contribution in [0.25, 0.3) is 0 Å². The Morgan fingerprint density at radius 1 is 1.17 bits per heavy atom. The number of nitrogens with one attached hydrogen (secondary N) is 2. The first-order chi connectivity index (χ1) is 11.1. The highest BCUT2D eigenvalue weighted by atomic mass is 35.5. The molecule has 2 aromatic rings. The van der Waals surface area contributed by atoms with Gasteiger partial charge >= 0.3 is 0 Å². The molecule has 1 atom stereocenters. The van der Waals surface area contributed by atoms with E-state index in [4.69, 9.17) is 16.9 Å². The molecule has 0 aromatic heterocycles. The minimum absolute atomic E-state index is 0.111. The van der Waals surface area contributed by atoms with Crippen LogP contribution < -0.4 is 10.6 Å². The molecule has 4 nitrogen and oxygen atoms in total. The van der Waals surface area contributed by atoms with Crippen LogP contribution in [0.5, 0.6) is 0 Å². The topological polar surface area (TPSA) is 60.2 Å². The van der Waals surface area contributed by atoms with Gasteiger partial charge in [-0.15, -0.1) is 0 Å². The summed E-state index contributed by atoms with van der Waals surface area (Å²) < 4.78 is 0. The van der Waals surface area contributed by atoms with E-state index in [0.29, 0.717) is 12.1 Å². The molecule has 23 heavy (non-hydrogen) atoms. The Morgan fingerprint density at radius 3 is 2.39 bits per heavy atom. The number of nitrogens with zero attached hydrogens (tertiary/aromatic N) is 2. The normalized spacial score (nSPS) is 12.3. The van der Waals surface area contributed by atoms with E-state index < -0.39 is 0 Å². The van der Waals surface area contributed by atoms with Crippen molar-refractivity contribution in [3.63, 3.8) is 0 Å². The zero-order valence-corrected chi connectivity index (χ0v) is 13.9. The summed E-state index contributed by atoms with van der Waals surface area (Å²) in [5.74, 6) is 0.719. The molecule has 0 saturated heterocycles. The molecule has 0 spiro atoms. The predicted octanol–water partition coefficient (Wildman–Crippen LogP) is 3.64. The number of aliphatic imine (C=N–C) groups is 1. The molecular weight excluding hydrogens is 308 g/mol. The van der Waals surface area contributed by atoms with Gasteiger partial charge in [0.15, 0.2) is 5.96 Å². The highest BCUT2D eigenvalue weighted by Gasteiger charge is 2.07. The van der Waals surface area contributed by atoms with Crippen molar-refractivity contribution >= 4 is 17.6 Å². The van der Waals surface area contributed by atoms with Crippen molar-refractivity contribution in [2.75, 3.05) is 7.05 Å². The molecule has 0 radical (unpaired) electrons. The van der Waals surface area contributed by atoms with Gasteiger partial charge in [0.05, 0.1) is 17.7 Å². The third-order valence-corrected chi connectivity index (χ3v) is 3.74. The van der Waals surface area contributed by atoms with Crippen molar-refractivity contribution < 1.29 is 0 Å². The summed E-state index contributed by atoms with van der Waals surface area (Å²) in [6.07, 6.45) is 0. The van der Waals surface area contributed by atoms with Gasteiger partial charge in [-0.1, -0.05) is 35.9 Å². The van der Waals surface area contributed by atoms with Crippen molar-refractivity contribution in [2.24, 2.45) is 4.99 Å². The van der Waals surface area contributed by atoms with E-state index in [1.165, 1.54) is 0 Å². The average Bonchev–Trinajstić information content (AvgIpc) is 2.59. The Kier molecular flexibility index (Phi) is 6.02. The van der Waals surface area contributed by atoms with Crippen LogP contribution in [-0.2, 0) is 6.54 Å². The van der Waals surface area contributed by atoms with Gasteiger partial charge in [0.1, 0.15) is 0 Å². The lowest BCUT2D eigenvalue weighted by atomic mass is 10.1. The van der Waals surface area contributed by atoms with Crippen LogP contribution >= 0.6 is 11.6 Å². The van der Waals surface area contributed by atoms with Crippen LogP contribution in [0.3, 0.4) is 0 Å². The third kappa shape index (κ3) is 5.01. The predicted molar refractivity (Wildman–Crippen MR) is 94.4 cm³/mol. The van der Waals surface area contributed by atoms with Gasteiger partial charge in [-0.2, -0.15) is 5.26 Å². The first-order valence-corrected chi connectivity index (χ1v) is 7.72. The molecule has 0 bridgehead atoms. The minimum atomic E-state index is 0.111. The van der Waals surface area contributed by atoms with Gasteiger partial charge < -0.3 is 10.6 Å². The summed E-state index contributed by atoms with van der Waals surface area (Å²) in [5.41, 5.74) is 2.88. The van der Waals surface area contributed by atoms with Gasteiger partial charge in [-0.25, -0.2) is 0 Å². The summed E-state index contributed by atoms with van der Waals surface area (Å²) in [4.78, 5) is 4.24. The molecule has 0 aliphatic rings. The Morgan fingerprint density at radius 2 is 1.83 bits per heavy atom. The maximum Gasteiger partial charge on any atom is 0.191 e. The number of halogens is 1. The fourth-order valence-corrected chi connectivity index (χ4v) is 2.24. The zero-order chi connectivity index (χ0) is 16.7. The van der Waals surface area contributed by atoms with Crippen molar-refractivity contribution in [2.45, 2.75) is 19.5 Å². The smallest absolute Gasteiger partial charge is 0.191 e. The van der Waals surface area contributed by atoms with Crippen molar-refractivity contribution in [1.29, 1.82) is 5.26 Å². The standard InChI is InChI=1S/C18H19ClN4/c1-13(16-7-9-17(19)10-8-16)23-18(21-2)22-12-15-5-3-14(11-20)4-6-15/h3-10,13H,12H2,1-2H3,(H2,21,22,23). The summed E-state index contributed by atoms with van der Waals surface area (Å²) in [6.45, 7) is 2.70. The molecule has 2 rings (SSSR count). The number of hydrogen-bond acceptors (Lipinski definition) is 2. The lowest BCUT2D eigenvalue weighted by Crippen LogP contribution is -2.38. The molecule has 118 valence electrons. The van der Waals surface area contributed by atoms with Crippen LogP contribution in [0.15, 0.2) is 53.5 Å². The van der Waals surface area contributed by atoms with Crippen molar-refractivity contribution in [1.82, 2.24) is 10.6 Å². The zero-order valence-electron chi connectivity index (χ0n) is 13.2. The SMILES string of the molecule is CN=C(NCc1ccc(C#N)cc1)NC(C)c1ccc(Cl)cc1. The number of rotatable bonds is 4. The van der Waals surface area contributed by atoms with Crippen LogP contribution in [0.2, 0.25) is 5.02 Å². The molecule has 2 aromatic carbocycles. The molecule has 0 aliphatic heterocycles. The van der Waals surface area contributed by atoms with Crippen LogP contribution in [0, 0.1) is 11.3 Å². The van der Waals surface area contributed by atoms with E-state index in [-0.39, 0.29) is 6.04 Å². The fourth-order valence-electron chi connectivity index (χ4n) is 2.12. The largest absolute Gasteiger partial charge is 0.352 e. The Hall–Kier alpha value is -2.51. The van der Waals surface area contributed by atoms with Crippen LogP contribution in [-0.4, -0.2) is 13.0 Å². The first kappa shape index (κ1) is 16.9. The van der Waals surface area contributed by atoms with Gasteiger partial charge in [0, 0.05) is 18.6 Å². The lowest BCUT2D eigenvalue weighted by molar-refractivity contribution is 0.685. The van der Waals surface area contributed by atoms with E-state index in [1.807, 2.05) is 48.5 Å². The number of guanidine groups is 1. The molecule has 5 heteroatoms. The Labute approximate surface area is 141 Å². The summed E-state index contributed by atoms with van der Waals surface area (Å²) in [6, 6.07) is 17.4. The van der Waals surface area contributed by atoms with E-state index >= 15 is 0 Å². The molecule has 2 N–H and O–H groups in total. The van der Waals surface area contributed by atoms with Gasteiger partial charge in [-0.05, 0) is 42.3 Å². The highest BCUT2D eigenvalue weighted by Crippen LogP contribution is 2.15. The second-order valence-corrected chi connectivity index (χ2v) is 5.59. The van der Waals surface area contributed by atoms with E-state index in [9.17, 15) is 0 Å². The number of hydrogen-bond donors (Lipinski definition) is 2. The monoisotopic (exact) mass is 326 g/mol. The third-order valence-electron chi connectivity index (χ3n) is 3.49. The maximum atomic E-state index is 8.81.